The van der Waals surface area contributed by atoms with E-state index in [4.69, 9.17) is 34.6 Å². The molecule has 1 saturated heterocycles. The number of nitrogens with zero attached hydrogens (tertiary/aromatic N) is 4. The lowest BCUT2D eigenvalue weighted by molar-refractivity contribution is -0.134. The monoisotopic (exact) mass is 492 g/mol. The van der Waals surface area contributed by atoms with E-state index < -0.39 is 11.9 Å². The lowest BCUT2D eigenvalue weighted by atomic mass is 10.4. The maximum absolute atomic E-state index is 9.55. The van der Waals surface area contributed by atoms with Crippen molar-refractivity contribution in [3.63, 3.8) is 0 Å². The van der Waals surface area contributed by atoms with Crippen LogP contribution in [0.4, 0.5) is 0 Å². The fourth-order valence-corrected chi connectivity index (χ4v) is 2.69. The van der Waals surface area contributed by atoms with Gasteiger partial charge in [0.15, 0.2) is 10.2 Å². The summed E-state index contributed by atoms with van der Waals surface area (Å²) in [5, 5.41) is 27.7. The Kier molecular flexibility index (Phi) is 16.3. The molecule has 0 amide bonds. The quantitative estimate of drug-likeness (QED) is 0.151. The number of hydrogen-bond acceptors (Lipinski definition) is 8. The van der Waals surface area contributed by atoms with E-state index in [2.05, 4.69) is 41.3 Å². The molecular formula is C18H36N8O4S2. The van der Waals surface area contributed by atoms with Gasteiger partial charge in [0.2, 0.25) is 0 Å². The van der Waals surface area contributed by atoms with Crippen molar-refractivity contribution in [2.75, 3.05) is 80.5 Å². The molecule has 1 aliphatic heterocycles. The van der Waals surface area contributed by atoms with Gasteiger partial charge in [-0.25, -0.2) is 19.6 Å². The fraction of sp³-hybridized carbons (Fsp3) is 0.667. The van der Waals surface area contributed by atoms with Gasteiger partial charge in [0.1, 0.15) is 0 Å². The maximum atomic E-state index is 9.55. The van der Waals surface area contributed by atoms with Gasteiger partial charge in [0.05, 0.1) is 0 Å². The number of rotatable bonds is 10. The maximum Gasteiger partial charge on any atom is 0.328 e. The molecule has 0 aromatic carbocycles. The van der Waals surface area contributed by atoms with Gasteiger partial charge in [-0.2, -0.15) is 0 Å². The fourth-order valence-electron chi connectivity index (χ4n) is 2.22. The number of hydrazine groups is 2. The van der Waals surface area contributed by atoms with Gasteiger partial charge in [0.25, 0.3) is 0 Å². The average Bonchev–Trinajstić information content (AvgIpc) is 2.68. The molecule has 1 aliphatic rings. The zero-order valence-corrected chi connectivity index (χ0v) is 20.8. The molecule has 1 heterocycles. The van der Waals surface area contributed by atoms with Crippen molar-refractivity contribution >= 4 is 46.6 Å². The first-order chi connectivity index (χ1) is 15.0. The number of carboxylic acid groups (broad SMARTS) is 2. The van der Waals surface area contributed by atoms with Gasteiger partial charge in [-0.15, -0.1) is 0 Å². The molecule has 0 radical (unpaired) electrons. The third-order valence-electron chi connectivity index (χ3n) is 3.86. The van der Waals surface area contributed by atoms with Gasteiger partial charge < -0.3 is 30.6 Å². The van der Waals surface area contributed by atoms with Crippen LogP contribution in [0.2, 0.25) is 0 Å². The minimum atomic E-state index is -1.26. The summed E-state index contributed by atoms with van der Waals surface area (Å²) in [6, 6.07) is 0. The largest absolute Gasteiger partial charge is 0.478 e. The van der Waals surface area contributed by atoms with E-state index in [1.807, 2.05) is 28.2 Å². The van der Waals surface area contributed by atoms with Crippen LogP contribution in [0, 0.1) is 0 Å². The highest BCUT2D eigenvalue weighted by Crippen LogP contribution is 1.96. The van der Waals surface area contributed by atoms with Gasteiger partial charge in [-0.1, -0.05) is 0 Å². The van der Waals surface area contributed by atoms with Crippen molar-refractivity contribution in [2.24, 2.45) is 0 Å². The highest BCUT2D eigenvalue weighted by molar-refractivity contribution is 7.80. The van der Waals surface area contributed by atoms with E-state index in [0.29, 0.717) is 22.4 Å². The second-order valence-electron chi connectivity index (χ2n) is 7.33. The molecule has 0 aromatic heterocycles. The van der Waals surface area contributed by atoms with Gasteiger partial charge >= 0.3 is 11.9 Å². The highest BCUT2D eigenvalue weighted by atomic mass is 32.1. The Morgan fingerprint density at radius 1 is 0.781 bits per heavy atom. The molecule has 0 atom stereocenters. The number of hydrogen-bond donors (Lipinski definition) is 6. The zero-order valence-electron chi connectivity index (χ0n) is 19.1. The summed E-state index contributed by atoms with van der Waals surface area (Å²) in [4.78, 5) is 23.3. The molecule has 1 rings (SSSR count). The van der Waals surface area contributed by atoms with E-state index in [1.54, 1.807) is 0 Å². The smallest absolute Gasteiger partial charge is 0.328 e. The number of carbonyl (C=O) groups is 2. The second kappa shape index (κ2) is 17.5. The Morgan fingerprint density at radius 3 is 1.34 bits per heavy atom. The molecule has 0 spiro atoms. The topological polar surface area (TPSA) is 136 Å². The Balaban J connectivity index is 0.00000102. The van der Waals surface area contributed by atoms with Crippen molar-refractivity contribution < 1.29 is 19.8 Å². The molecule has 0 aliphatic carbocycles. The standard InChI is InChI=1S/C14H32N8S2.C4H4O4/c1-19(2)7-5-15-13(23)17-21-9-11-22(12-10-21)18-14(24)16-6-8-20(3)4;5-3(6)1-2-4(7)8/h5-12H2,1-4H3,(H2,15,17,23)(H2,16,18,24);1-2H,(H,5,6)(H,7,8)/b;2-1-. The molecule has 0 aromatic rings. The lowest BCUT2D eigenvalue weighted by Crippen LogP contribution is -2.60. The first-order valence-electron chi connectivity index (χ1n) is 10.0. The lowest BCUT2D eigenvalue weighted by Gasteiger charge is -2.35. The Bertz CT molecular complexity index is 574. The molecule has 12 nitrogen and oxygen atoms in total. The minimum absolute atomic E-state index is 0.558. The predicted molar refractivity (Wildman–Crippen MR) is 132 cm³/mol. The van der Waals surface area contributed by atoms with Crippen LogP contribution in [0.25, 0.3) is 0 Å². The van der Waals surface area contributed by atoms with E-state index in [1.165, 1.54) is 0 Å². The Morgan fingerprint density at radius 2 is 1.09 bits per heavy atom. The first kappa shape index (κ1) is 29.9. The third-order valence-corrected chi connectivity index (χ3v) is 4.33. The normalized spacial score (nSPS) is 14.6. The summed E-state index contributed by atoms with van der Waals surface area (Å²) >= 11 is 10.6. The average molecular weight is 493 g/mol. The van der Waals surface area contributed by atoms with Gasteiger partial charge in [-0.05, 0) is 52.6 Å². The van der Waals surface area contributed by atoms with Crippen molar-refractivity contribution in [3.05, 3.63) is 12.2 Å². The van der Waals surface area contributed by atoms with E-state index >= 15 is 0 Å². The second-order valence-corrected chi connectivity index (χ2v) is 8.14. The molecule has 32 heavy (non-hydrogen) atoms. The van der Waals surface area contributed by atoms with Crippen molar-refractivity contribution in [3.8, 4) is 0 Å². The Hall–Kier alpha value is -2.10. The van der Waals surface area contributed by atoms with Crippen molar-refractivity contribution in [2.45, 2.75) is 0 Å². The van der Waals surface area contributed by atoms with Crippen LogP contribution in [0.1, 0.15) is 0 Å². The van der Waals surface area contributed by atoms with Crippen LogP contribution >= 0.6 is 24.4 Å². The Labute approximate surface area is 200 Å². The molecule has 0 saturated carbocycles. The molecule has 1 fully saturated rings. The van der Waals surface area contributed by atoms with Crippen molar-refractivity contribution in [1.29, 1.82) is 0 Å². The van der Waals surface area contributed by atoms with Crippen LogP contribution in [0.3, 0.4) is 0 Å². The summed E-state index contributed by atoms with van der Waals surface area (Å²) < 4.78 is 0. The molecule has 184 valence electrons. The number of aliphatic carboxylic acids is 2. The SMILES string of the molecule is CN(C)CCNC(=S)NN1CCN(NC(=S)NCCN(C)C)CC1.O=C(O)/C=C\C(=O)O. The van der Waals surface area contributed by atoms with Crippen molar-refractivity contribution in [1.82, 2.24) is 41.3 Å². The molecule has 0 bridgehead atoms. The summed E-state index contributed by atoms with van der Waals surface area (Å²) in [6.45, 7) is 7.10. The first-order valence-corrected chi connectivity index (χ1v) is 10.8. The highest BCUT2D eigenvalue weighted by Gasteiger charge is 2.17. The number of carboxylic acids is 2. The number of nitrogens with one attached hydrogen (secondary N) is 4. The number of piperazine rings is 1. The van der Waals surface area contributed by atoms with Gasteiger partial charge in [0, 0.05) is 64.5 Å². The molecular weight excluding hydrogens is 456 g/mol. The molecule has 14 heteroatoms. The summed E-state index contributed by atoms with van der Waals surface area (Å²) in [5.74, 6) is -2.51. The van der Waals surface area contributed by atoms with E-state index in [0.717, 1.165) is 52.4 Å². The van der Waals surface area contributed by atoms with Crippen LogP contribution in [-0.4, -0.2) is 133 Å². The van der Waals surface area contributed by atoms with E-state index in [-0.39, 0.29) is 0 Å². The van der Waals surface area contributed by atoms with E-state index in [9.17, 15) is 9.59 Å². The summed E-state index contributed by atoms with van der Waals surface area (Å²) in [6.07, 6.45) is 1.12. The van der Waals surface area contributed by atoms with Crippen LogP contribution in [-0.2, 0) is 9.59 Å². The van der Waals surface area contributed by atoms with Gasteiger partial charge in [-0.3, -0.25) is 10.9 Å². The zero-order chi connectivity index (χ0) is 24.5. The molecule has 6 N–H and O–H groups in total. The van der Waals surface area contributed by atoms with Crippen LogP contribution in [0.15, 0.2) is 12.2 Å². The third kappa shape index (κ3) is 18.7. The predicted octanol–water partition coefficient (Wildman–Crippen LogP) is -1.80. The molecule has 0 unspecified atom stereocenters. The minimum Gasteiger partial charge on any atom is -0.478 e. The summed E-state index contributed by atoms with van der Waals surface area (Å²) in [7, 11) is 8.18. The summed E-state index contributed by atoms with van der Waals surface area (Å²) in [5.41, 5.74) is 6.48. The number of likely N-dealkylation sites (N-methyl/N-ethyl adjacent to an activating group) is 2. The number of thiocarbonyl (C=S) groups is 2. The van der Waals surface area contributed by atoms with Crippen LogP contribution in [0.5, 0.6) is 0 Å². The van der Waals surface area contributed by atoms with Crippen LogP contribution < -0.4 is 21.5 Å².